The summed E-state index contributed by atoms with van der Waals surface area (Å²) in [5.74, 6) is -0.524. The minimum Gasteiger partial charge on any atom is -0.348 e. The predicted molar refractivity (Wildman–Crippen MR) is 98.9 cm³/mol. The highest BCUT2D eigenvalue weighted by molar-refractivity contribution is 7.92. The Balaban J connectivity index is 1.66. The summed E-state index contributed by atoms with van der Waals surface area (Å²) < 4.78 is 60.4. The first kappa shape index (κ1) is 20.8. The number of hydrogen-bond acceptors (Lipinski definition) is 4. The summed E-state index contributed by atoms with van der Waals surface area (Å²) in [6, 6.07) is 10.6. The van der Waals surface area contributed by atoms with Gasteiger partial charge in [-0.2, -0.15) is 13.2 Å². The Bertz CT molecular complexity index is 1030. The van der Waals surface area contributed by atoms with Crippen molar-refractivity contribution < 1.29 is 31.2 Å². The van der Waals surface area contributed by atoms with E-state index in [0.29, 0.717) is 13.0 Å². The highest BCUT2D eigenvalue weighted by Gasteiger charge is 2.46. The lowest BCUT2D eigenvalue weighted by molar-refractivity contribution is -0.117. The number of nitrogens with zero attached hydrogens (tertiary/aromatic N) is 1. The highest BCUT2D eigenvalue weighted by Crippen LogP contribution is 2.30. The van der Waals surface area contributed by atoms with E-state index in [4.69, 9.17) is 0 Å². The van der Waals surface area contributed by atoms with Gasteiger partial charge in [-0.15, -0.1) is 0 Å². The molecule has 2 aromatic carbocycles. The number of anilines is 1. The van der Waals surface area contributed by atoms with Crippen molar-refractivity contribution in [1.29, 1.82) is 0 Å². The smallest absolute Gasteiger partial charge is 0.348 e. The highest BCUT2D eigenvalue weighted by atomic mass is 32.2. The van der Waals surface area contributed by atoms with Crippen LogP contribution in [0.2, 0.25) is 0 Å². The van der Waals surface area contributed by atoms with Crippen LogP contribution in [0.15, 0.2) is 53.4 Å². The standard InChI is InChI=1S/C19H17F3N2O4S/c20-19(21,22)29(27,28)16-8-6-14(7-9-16)18(26)23-12-13-3-1-4-15(11-13)24-10-2-5-17(24)25/h1,3-4,6-9,11H,2,5,10,12H2,(H,23,26). The van der Waals surface area contributed by atoms with E-state index in [-0.39, 0.29) is 18.0 Å². The molecular weight excluding hydrogens is 409 g/mol. The number of amides is 2. The number of benzene rings is 2. The molecular formula is C19H17F3N2O4S. The van der Waals surface area contributed by atoms with Crippen LogP contribution in [0.1, 0.15) is 28.8 Å². The first-order valence-corrected chi connectivity index (χ1v) is 10.2. The summed E-state index contributed by atoms with van der Waals surface area (Å²) >= 11 is 0. The van der Waals surface area contributed by atoms with Crippen LogP contribution in [-0.4, -0.2) is 32.3 Å². The SMILES string of the molecule is O=C(NCc1cccc(N2CCCC2=O)c1)c1ccc(S(=O)(=O)C(F)(F)F)cc1. The summed E-state index contributed by atoms with van der Waals surface area (Å²) in [6.45, 7) is 0.777. The Morgan fingerprint density at radius 3 is 2.38 bits per heavy atom. The van der Waals surface area contributed by atoms with Crippen LogP contribution >= 0.6 is 0 Å². The summed E-state index contributed by atoms with van der Waals surface area (Å²) in [6.07, 6.45) is 1.29. The lowest BCUT2D eigenvalue weighted by Crippen LogP contribution is -2.25. The Morgan fingerprint density at radius 2 is 1.79 bits per heavy atom. The van der Waals surface area contributed by atoms with Crippen LogP contribution in [0, 0.1) is 0 Å². The van der Waals surface area contributed by atoms with Gasteiger partial charge in [0, 0.05) is 30.8 Å². The zero-order chi connectivity index (χ0) is 21.2. The van der Waals surface area contributed by atoms with E-state index < -0.39 is 26.1 Å². The monoisotopic (exact) mass is 426 g/mol. The first-order chi connectivity index (χ1) is 13.6. The number of alkyl halides is 3. The van der Waals surface area contributed by atoms with E-state index in [1.54, 1.807) is 29.2 Å². The molecule has 1 fully saturated rings. The minimum absolute atomic E-state index is 0.0250. The third-order valence-electron chi connectivity index (χ3n) is 4.48. The van der Waals surface area contributed by atoms with Crippen LogP contribution in [-0.2, 0) is 21.2 Å². The molecule has 29 heavy (non-hydrogen) atoms. The molecule has 0 bridgehead atoms. The van der Waals surface area contributed by atoms with E-state index in [1.807, 2.05) is 0 Å². The number of sulfone groups is 1. The molecule has 1 aliphatic rings. The molecule has 0 saturated carbocycles. The molecule has 0 radical (unpaired) electrons. The maximum atomic E-state index is 12.6. The lowest BCUT2D eigenvalue weighted by atomic mass is 10.1. The van der Waals surface area contributed by atoms with Gasteiger partial charge < -0.3 is 10.2 Å². The summed E-state index contributed by atoms with van der Waals surface area (Å²) in [5, 5.41) is 2.62. The van der Waals surface area contributed by atoms with Crippen molar-refractivity contribution in [2.24, 2.45) is 0 Å². The van der Waals surface area contributed by atoms with Gasteiger partial charge >= 0.3 is 5.51 Å². The Morgan fingerprint density at radius 1 is 1.10 bits per heavy atom. The molecule has 6 nitrogen and oxygen atoms in total. The van der Waals surface area contributed by atoms with Gasteiger partial charge in [0.15, 0.2) is 0 Å². The Hall–Kier alpha value is -2.88. The maximum Gasteiger partial charge on any atom is 0.501 e. The molecule has 3 rings (SSSR count). The van der Waals surface area contributed by atoms with Crippen molar-refractivity contribution in [2.75, 3.05) is 11.4 Å². The molecule has 0 atom stereocenters. The van der Waals surface area contributed by atoms with Crippen molar-refractivity contribution in [2.45, 2.75) is 29.8 Å². The second-order valence-electron chi connectivity index (χ2n) is 6.48. The predicted octanol–water partition coefficient (Wildman–Crippen LogP) is 3.04. The Labute approximate surface area is 165 Å². The van der Waals surface area contributed by atoms with Crippen molar-refractivity contribution in [3.63, 3.8) is 0 Å². The van der Waals surface area contributed by atoms with Gasteiger partial charge in [0.1, 0.15) is 0 Å². The maximum absolute atomic E-state index is 12.6. The van der Waals surface area contributed by atoms with Crippen LogP contribution in [0.3, 0.4) is 0 Å². The quantitative estimate of drug-likeness (QED) is 0.797. The molecule has 154 valence electrons. The van der Waals surface area contributed by atoms with Crippen molar-refractivity contribution >= 4 is 27.3 Å². The van der Waals surface area contributed by atoms with Gasteiger partial charge in [-0.1, -0.05) is 12.1 Å². The fourth-order valence-electron chi connectivity index (χ4n) is 2.96. The molecule has 1 saturated heterocycles. The largest absolute Gasteiger partial charge is 0.501 e. The third kappa shape index (κ3) is 4.42. The van der Waals surface area contributed by atoms with Gasteiger partial charge in [-0.25, -0.2) is 8.42 Å². The van der Waals surface area contributed by atoms with E-state index in [1.165, 1.54) is 0 Å². The van der Waals surface area contributed by atoms with Crippen LogP contribution < -0.4 is 10.2 Å². The van der Waals surface area contributed by atoms with Crippen molar-refractivity contribution in [3.8, 4) is 0 Å². The van der Waals surface area contributed by atoms with Crippen LogP contribution in [0.4, 0.5) is 18.9 Å². The molecule has 0 spiro atoms. The number of halogens is 3. The summed E-state index contributed by atoms with van der Waals surface area (Å²) in [5.41, 5.74) is -3.90. The van der Waals surface area contributed by atoms with Crippen molar-refractivity contribution in [3.05, 3.63) is 59.7 Å². The van der Waals surface area contributed by atoms with Gasteiger partial charge in [0.2, 0.25) is 5.91 Å². The topological polar surface area (TPSA) is 83.6 Å². The molecule has 0 aliphatic carbocycles. The third-order valence-corrected chi connectivity index (χ3v) is 5.98. The first-order valence-electron chi connectivity index (χ1n) is 8.68. The van der Waals surface area contributed by atoms with E-state index in [9.17, 15) is 31.2 Å². The zero-order valence-electron chi connectivity index (χ0n) is 15.1. The van der Waals surface area contributed by atoms with E-state index >= 15 is 0 Å². The fourth-order valence-corrected chi connectivity index (χ4v) is 3.72. The molecule has 0 unspecified atom stereocenters. The fraction of sp³-hybridized carbons (Fsp3) is 0.263. The Kier molecular flexibility index (Phi) is 5.65. The van der Waals surface area contributed by atoms with Gasteiger partial charge in [0.25, 0.3) is 15.7 Å². The number of carbonyl (C=O) groups excluding carboxylic acids is 2. The second-order valence-corrected chi connectivity index (χ2v) is 8.42. The van der Waals surface area contributed by atoms with Gasteiger partial charge in [0.05, 0.1) is 4.90 Å². The number of rotatable bonds is 5. The van der Waals surface area contributed by atoms with Crippen LogP contribution in [0.5, 0.6) is 0 Å². The molecule has 1 heterocycles. The number of nitrogens with one attached hydrogen (secondary N) is 1. The molecule has 1 aliphatic heterocycles. The lowest BCUT2D eigenvalue weighted by Gasteiger charge is -2.16. The zero-order valence-corrected chi connectivity index (χ0v) is 15.9. The molecule has 1 N–H and O–H groups in total. The average molecular weight is 426 g/mol. The average Bonchev–Trinajstić information content (AvgIpc) is 3.11. The van der Waals surface area contributed by atoms with Gasteiger partial charge in [-0.3, -0.25) is 9.59 Å². The van der Waals surface area contributed by atoms with Crippen LogP contribution in [0.25, 0.3) is 0 Å². The molecule has 2 amide bonds. The molecule has 2 aromatic rings. The number of hydrogen-bond donors (Lipinski definition) is 1. The van der Waals surface area contributed by atoms with E-state index in [2.05, 4.69) is 5.32 Å². The van der Waals surface area contributed by atoms with Crippen molar-refractivity contribution in [1.82, 2.24) is 5.32 Å². The molecule has 0 aromatic heterocycles. The minimum atomic E-state index is -5.46. The van der Waals surface area contributed by atoms with E-state index in [0.717, 1.165) is 41.9 Å². The number of carbonyl (C=O) groups is 2. The summed E-state index contributed by atoms with van der Waals surface area (Å²) in [4.78, 5) is 24.8. The molecule has 10 heteroatoms. The second kappa shape index (κ2) is 7.86. The van der Waals surface area contributed by atoms with Gasteiger partial charge in [-0.05, 0) is 48.4 Å². The normalized spacial score (nSPS) is 14.9. The summed E-state index contributed by atoms with van der Waals surface area (Å²) in [7, 11) is -5.46.